The highest BCUT2D eigenvalue weighted by atomic mass is 19.1. The number of halogens is 1. The quantitative estimate of drug-likeness (QED) is 0.874. The number of fused-ring (bicyclic) bond motifs is 2. The first kappa shape index (κ1) is 14.3. The van der Waals surface area contributed by atoms with E-state index in [0.717, 1.165) is 11.1 Å². The second kappa shape index (κ2) is 5.43. The predicted molar refractivity (Wildman–Crippen MR) is 85.9 cm³/mol. The Balaban J connectivity index is 1.93. The van der Waals surface area contributed by atoms with Gasteiger partial charge in [-0.3, -0.25) is 0 Å². The van der Waals surface area contributed by atoms with Gasteiger partial charge in [-0.05, 0) is 29.8 Å². The standard InChI is InChI=1S/C19H13FN2O2/c20-12-5-3-4-11(8-12)17-14(9-21)19(22)24-18-13-6-1-2-7-16(13)23-10-15(17)18/h1-8,17H,10,22H2. The number of rotatable bonds is 1. The topological polar surface area (TPSA) is 68.3 Å². The normalized spacial score (nSPS) is 18.9. The van der Waals surface area contributed by atoms with Crippen molar-refractivity contribution in [2.45, 2.75) is 5.92 Å². The summed E-state index contributed by atoms with van der Waals surface area (Å²) < 4.78 is 25.2. The van der Waals surface area contributed by atoms with Crippen LogP contribution < -0.4 is 10.5 Å². The van der Waals surface area contributed by atoms with Crippen LogP contribution in [0, 0.1) is 17.1 Å². The fourth-order valence-electron chi connectivity index (χ4n) is 3.16. The van der Waals surface area contributed by atoms with Crippen molar-refractivity contribution in [3.63, 3.8) is 0 Å². The van der Waals surface area contributed by atoms with Gasteiger partial charge in [0, 0.05) is 5.57 Å². The molecule has 0 amide bonds. The van der Waals surface area contributed by atoms with E-state index >= 15 is 0 Å². The number of benzene rings is 2. The molecule has 0 radical (unpaired) electrons. The molecule has 0 fully saturated rings. The summed E-state index contributed by atoms with van der Waals surface area (Å²) in [5.74, 6) is 0.476. The van der Waals surface area contributed by atoms with Gasteiger partial charge in [0.05, 0.1) is 11.5 Å². The van der Waals surface area contributed by atoms with E-state index < -0.39 is 5.92 Å². The summed E-state index contributed by atoms with van der Waals surface area (Å²) in [6.07, 6.45) is 0. The van der Waals surface area contributed by atoms with Gasteiger partial charge in [-0.15, -0.1) is 0 Å². The summed E-state index contributed by atoms with van der Waals surface area (Å²) in [6.45, 7) is 0.256. The van der Waals surface area contributed by atoms with Crippen LogP contribution in [0.25, 0.3) is 5.76 Å². The SMILES string of the molecule is N#CC1=C(N)OC2=C(COc3ccccc32)C1c1cccc(F)c1. The van der Waals surface area contributed by atoms with Gasteiger partial charge < -0.3 is 15.2 Å². The van der Waals surface area contributed by atoms with E-state index in [2.05, 4.69) is 6.07 Å². The fraction of sp³-hybridized carbons (Fsp3) is 0.105. The maximum Gasteiger partial charge on any atom is 0.205 e. The number of hydrogen-bond acceptors (Lipinski definition) is 4. The van der Waals surface area contributed by atoms with Crippen molar-refractivity contribution in [1.29, 1.82) is 5.26 Å². The molecular formula is C19H13FN2O2. The summed E-state index contributed by atoms with van der Waals surface area (Å²) in [7, 11) is 0. The van der Waals surface area contributed by atoms with Crippen LogP contribution in [0.15, 0.2) is 65.6 Å². The maximum absolute atomic E-state index is 13.7. The van der Waals surface area contributed by atoms with E-state index in [1.54, 1.807) is 12.1 Å². The molecule has 0 aliphatic carbocycles. The van der Waals surface area contributed by atoms with Crippen molar-refractivity contribution in [3.8, 4) is 11.8 Å². The molecule has 2 aliphatic rings. The molecule has 118 valence electrons. The van der Waals surface area contributed by atoms with E-state index in [1.807, 2.05) is 24.3 Å². The summed E-state index contributed by atoms with van der Waals surface area (Å²) in [4.78, 5) is 0. The predicted octanol–water partition coefficient (Wildman–Crippen LogP) is 3.44. The molecule has 0 saturated heterocycles. The molecule has 5 heteroatoms. The second-order valence-electron chi connectivity index (χ2n) is 5.62. The van der Waals surface area contributed by atoms with Crippen LogP contribution in [0.2, 0.25) is 0 Å². The molecule has 2 aromatic rings. The lowest BCUT2D eigenvalue weighted by Crippen LogP contribution is -2.26. The molecule has 2 heterocycles. The second-order valence-corrected chi connectivity index (χ2v) is 5.62. The van der Waals surface area contributed by atoms with Gasteiger partial charge in [-0.25, -0.2) is 4.39 Å². The Kier molecular flexibility index (Phi) is 3.24. The zero-order chi connectivity index (χ0) is 16.7. The third kappa shape index (κ3) is 2.12. The molecule has 4 rings (SSSR count). The Labute approximate surface area is 138 Å². The number of nitrogens with two attached hydrogens (primary N) is 1. The van der Waals surface area contributed by atoms with E-state index in [1.165, 1.54) is 12.1 Å². The lowest BCUT2D eigenvalue weighted by Gasteiger charge is -2.32. The van der Waals surface area contributed by atoms with E-state index in [4.69, 9.17) is 15.2 Å². The zero-order valence-corrected chi connectivity index (χ0v) is 12.6. The minimum atomic E-state index is -0.484. The van der Waals surface area contributed by atoms with Crippen molar-refractivity contribution < 1.29 is 13.9 Å². The third-order valence-electron chi connectivity index (χ3n) is 4.22. The lowest BCUT2D eigenvalue weighted by atomic mass is 9.81. The van der Waals surface area contributed by atoms with Crippen molar-refractivity contribution in [3.05, 3.63) is 82.5 Å². The molecule has 2 aromatic carbocycles. The Morgan fingerprint density at radius 3 is 2.79 bits per heavy atom. The molecule has 1 unspecified atom stereocenters. The summed E-state index contributed by atoms with van der Waals surface area (Å²) in [5, 5.41) is 9.52. The summed E-state index contributed by atoms with van der Waals surface area (Å²) >= 11 is 0. The average molecular weight is 320 g/mol. The Morgan fingerprint density at radius 2 is 2.00 bits per heavy atom. The first-order valence-electron chi connectivity index (χ1n) is 7.47. The number of allylic oxidation sites excluding steroid dienone is 1. The molecule has 0 spiro atoms. The number of para-hydroxylation sites is 1. The van der Waals surface area contributed by atoms with Gasteiger partial charge in [0.25, 0.3) is 0 Å². The van der Waals surface area contributed by atoms with Gasteiger partial charge in [0.15, 0.2) is 0 Å². The monoisotopic (exact) mass is 320 g/mol. The van der Waals surface area contributed by atoms with Crippen LogP contribution in [0.3, 0.4) is 0 Å². The molecule has 4 nitrogen and oxygen atoms in total. The summed E-state index contributed by atoms with van der Waals surface area (Å²) in [5.41, 5.74) is 8.44. The highest BCUT2D eigenvalue weighted by molar-refractivity contribution is 5.75. The first-order valence-corrected chi connectivity index (χ1v) is 7.47. The number of hydrogen-bond donors (Lipinski definition) is 1. The Morgan fingerprint density at radius 1 is 1.17 bits per heavy atom. The van der Waals surface area contributed by atoms with Crippen LogP contribution in [0.4, 0.5) is 4.39 Å². The molecule has 1 atom stereocenters. The van der Waals surface area contributed by atoms with E-state index in [0.29, 0.717) is 17.1 Å². The van der Waals surface area contributed by atoms with Gasteiger partial charge in [0.1, 0.15) is 35.6 Å². The van der Waals surface area contributed by atoms with Gasteiger partial charge >= 0.3 is 0 Å². The highest BCUT2D eigenvalue weighted by Gasteiger charge is 2.36. The van der Waals surface area contributed by atoms with Crippen LogP contribution in [0.5, 0.6) is 5.75 Å². The molecule has 0 saturated carbocycles. The Bertz CT molecular complexity index is 940. The summed E-state index contributed by atoms with van der Waals surface area (Å²) in [6, 6.07) is 15.7. The third-order valence-corrected chi connectivity index (χ3v) is 4.22. The molecule has 2 aliphatic heterocycles. The molecular weight excluding hydrogens is 307 g/mol. The largest absolute Gasteiger partial charge is 0.488 e. The zero-order valence-electron chi connectivity index (χ0n) is 12.6. The Hall–Kier alpha value is -3.26. The molecule has 0 bridgehead atoms. The minimum Gasteiger partial charge on any atom is -0.488 e. The maximum atomic E-state index is 13.7. The average Bonchev–Trinajstić information content (AvgIpc) is 2.60. The van der Waals surface area contributed by atoms with E-state index in [9.17, 15) is 9.65 Å². The van der Waals surface area contributed by atoms with Crippen LogP contribution in [-0.2, 0) is 4.74 Å². The van der Waals surface area contributed by atoms with Crippen molar-refractivity contribution in [2.75, 3.05) is 6.61 Å². The van der Waals surface area contributed by atoms with Crippen LogP contribution in [-0.4, -0.2) is 6.61 Å². The number of ether oxygens (including phenoxy) is 2. The van der Waals surface area contributed by atoms with Crippen LogP contribution in [0.1, 0.15) is 17.0 Å². The van der Waals surface area contributed by atoms with Crippen molar-refractivity contribution in [2.24, 2.45) is 5.73 Å². The number of nitrogens with zero attached hydrogens (tertiary/aromatic N) is 1. The minimum absolute atomic E-state index is 0.0437. The molecule has 24 heavy (non-hydrogen) atoms. The van der Waals surface area contributed by atoms with Crippen LogP contribution >= 0.6 is 0 Å². The van der Waals surface area contributed by atoms with Gasteiger partial charge in [0.2, 0.25) is 5.88 Å². The molecule has 2 N–H and O–H groups in total. The van der Waals surface area contributed by atoms with Crippen molar-refractivity contribution in [1.82, 2.24) is 0 Å². The molecule has 0 aromatic heterocycles. The van der Waals surface area contributed by atoms with Gasteiger partial charge in [-0.1, -0.05) is 24.3 Å². The highest BCUT2D eigenvalue weighted by Crippen LogP contribution is 2.46. The van der Waals surface area contributed by atoms with Crippen molar-refractivity contribution >= 4 is 5.76 Å². The van der Waals surface area contributed by atoms with Gasteiger partial charge in [-0.2, -0.15) is 5.26 Å². The van der Waals surface area contributed by atoms with E-state index in [-0.39, 0.29) is 23.9 Å². The first-order chi connectivity index (χ1) is 11.7. The lowest BCUT2D eigenvalue weighted by molar-refractivity contribution is 0.294. The number of nitriles is 1. The smallest absolute Gasteiger partial charge is 0.205 e. The fourth-order valence-corrected chi connectivity index (χ4v) is 3.16.